The summed E-state index contributed by atoms with van der Waals surface area (Å²) >= 11 is 0. The molecule has 0 aromatic carbocycles. The number of hydrogen-bond donors (Lipinski definition) is 0. The van der Waals surface area contributed by atoms with Crippen molar-refractivity contribution in [3.63, 3.8) is 0 Å². The van der Waals surface area contributed by atoms with Gasteiger partial charge in [-0.3, -0.25) is 9.59 Å². The molecule has 1 fully saturated rings. The summed E-state index contributed by atoms with van der Waals surface area (Å²) in [6.07, 6.45) is 4.80. The van der Waals surface area contributed by atoms with Gasteiger partial charge >= 0.3 is 0 Å². The molecule has 2 unspecified atom stereocenters. The van der Waals surface area contributed by atoms with Gasteiger partial charge in [-0.25, -0.2) is 0 Å². The van der Waals surface area contributed by atoms with E-state index in [1.807, 2.05) is 0 Å². The van der Waals surface area contributed by atoms with Crippen molar-refractivity contribution in [3.05, 3.63) is 11.1 Å². The summed E-state index contributed by atoms with van der Waals surface area (Å²) in [6.45, 7) is 2.17. The van der Waals surface area contributed by atoms with Gasteiger partial charge in [-0.05, 0) is 37.5 Å². The first kappa shape index (κ1) is 8.67. The van der Waals surface area contributed by atoms with Gasteiger partial charge in [0.25, 0.3) is 0 Å². The Balaban J connectivity index is 2.35. The Labute approximate surface area is 78.0 Å². The molecule has 2 atom stereocenters. The van der Waals surface area contributed by atoms with Crippen LogP contribution in [-0.2, 0) is 9.59 Å². The van der Waals surface area contributed by atoms with Crippen molar-refractivity contribution in [2.45, 2.75) is 32.6 Å². The summed E-state index contributed by atoms with van der Waals surface area (Å²) in [4.78, 5) is 21.7. The molecule has 2 aliphatic rings. The van der Waals surface area contributed by atoms with Crippen LogP contribution in [0.15, 0.2) is 11.1 Å². The highest BCUT2D eigenvalue weighted by Gasteiger charge is 2.36. The minimum Gasteiger partial charge on any atom is -0.294 e. The minimum atomic E-state index is -0.272. The van der Waals surface area contributed by atoms with Crippen molar-refractivity contribution in [3.8, 4) is 0 Å². The van der Waals surface area contributed by atoms with Crippen molar-refractivity contribution in [1.82, 2.24) is 0 Å². The third-order valence-electron chi connectivity index (χ3n) is 3.41. The Hall–Kier alpha value is -0.920. The maximum absolute atomic E-state index is 11.3. The van der Waals surface area contributed by atoms with Crippen molar-refractivity contribution >= 4 is 12.1 Å². The van der Waals surface area contributed by atoms with Crippen molar-refractivity contribution in [1.29, 1.82) is 0 Å². The largest absolute Gasteiger partial charge is 0.294 e. The highest BCUT2D eigenvalue weighted by molar-refractivity contribution is 6.33. The second-order valence-corrected chi connectivity index (χ2v) is 4.13. The number of aldehydes is 1. The molecule has 2 aliphatic carbocycles. The second kappa shape index (κ2) is 3.09. The highest BCUT2D eigenvalue weighted by Crippen LogP contribution is 2.46. The molecule has 0 bridgehead atoms. The summed E-state index contributed by atoms with van der Waals surface area (Å²) in [5.74, 6) is 0.881. The average Bonchev–Trinajstić information content (AvgIpc) is 2.68. The van der Waals surface area contributed by atoms with Crippen LogP contribution in [0.2, 0.25) is 0 Å². The monoisotopic (exact) mass is 178 g/mol. The van der Waals surface area contributed by atoms with E-state index in [9.17, 15) is 9.59 Å². The smallest absolute Gasteiger partial charge is 0.221 e. The second-order valence-electron chi connectivity index (χ2n) is 4.13. The van der Waals surface area contributed by atoms with Crippen LogP contribution in [0, 0.1) is 11.8 Å². The molecule has 0 amide bonds. The molecule has 2 rings (SSSR count). The molecular weight excluding hydrogens is 164 g/mol. The van der Waals surface area contributed by atoms with E-state index in [0.29, 0.717) is 18.1 Å². The number of Topliss-reactive ketones (excluding diaryl/α,β-unsaturated/α-hetero) is 1. The van der Waals surface area contributed by atoms with Crippen LogP contribution in [0.25, 0.3) is 0 Å². The van der Waals surface area contributed by atoms with E-state index in [4.69, 9.17) is 0 Å². The lowest BCUT2D eigenvalue weighted by atomic mass is 9.97. The van der Waals surface area contributed by atoms with Gasteiger partial charge < -0.3 is 0 Å². The molecule has 0 radical (unpaired) electrons. The first-order valence-corrected chi connectivity index (χ1v) is 4.96. The molecule has 2 heteroatoms. The first-order valence-electron chi connectivity index (χ1n) is 4.96. The van der Waals surface area contributed by atoms with Crippen LogP contribution in [0.5, 0.6) is 0 Å². The van der Waals surface area contributed by atoms with E-state index >= 15 is 0 Å². The van der Waals surface area contributed by atoms with Crippen LogP contribution in [0.1, 0.15) is 32.6 Å². The van der Waals surface area contributed by atoms with E-state index < -0.39 is 0 Å². The Kier molecular flexibility index (Phi) is 2.06. The predicted molar refractivity (Wildman–Crippen MR) is 49.2 cm³/mol. The predicted octanol–water partition coefficient (Wildman–Crippen LogP) is 1.89. The zero-order valence-electron chi connectivity index (χ0n) is 7.88. The lowest BCUT2D eigenvalue weighted by molar-refractivity contribution is -0.127. The van der Waals surface area contributed by atoms with Gasteiger partial charge in [-0.15, -0.1) is 0 Å². The fourth-order valence-electron chi connectivity index (χ4n) is 2.81. The van der Waals surface area contributed by atoms with Gasteiger partial charge in [0.05, 0.1) is 0 Å². The Morgan fingerprint density at radius 2 is 2.15 bits per heavy atom. The van der Waals surface area contributed by atoms with Gasteiger partial charge in [0.1, 0.15) is 0 Å². The summed E-state index contributed by atoms with van der Waals surface area (Å²) in [6, 6.07) is 0. The van der Waals surface area contributed by atoms with Gasteiger partial charge in [0.15, 0.2) is 6.29 Å². The Bertz CT molecular complexity index is 288. The standard InChI is InChI=1S/C11H14O2/c1-7-2-3-8-4-5-9(11(7)8)10(13)6-12/h6-8H,2-5H2,1H3. The number of hydrogen-bond acceptors (Lipinski definition) is 2. The molecule has 0 spiro atoms. The topological polar surface area (TPSA) is 34.1 Å². The fourth-order valence-corrected chi connectivity index (χ4v) is 2.81. The maximum Gasteiger partial charge on any atom is 0.221 e. The van der Waals surface area contributed by atoms with Gasteiger partial charge in [0.2, 0.25) is 5.78 Å². The molecule has 1 saturated carbocycles. The minimum absolute atomic E-state index is 0.272. The molecule has 13 heavy (non-hydrogen) atoms. The van der Waals surface area contributed by atoms with Crippen molar-refractivity contribution in [2.24, 2.45) is 11.8 Å². The summed E-state index contributed by atoms with van der Waals surface area (Å²) < 4.78 is 0. The third-order valence-corrected chi connectivity index (χ3v) is 3.41. The number of carbonyl (C=O) groups is 2. The van der Waals surface area contributed by atoms with Gasteiger partial charge in [0, 0.05) is 5.57 Å². The molecule has 0 aliphatic heterocycles. The maximum atomic E-state index is 11.3. The normalized spacial score (nSPS) is 32.1. The van der Waals surface area contributed by atoms with E-state index in [0.717, 1.165) is 18.4 Å². The molecule has 0 N–H and O–H groups in total. The van der Waals surface area contributed by atoms with E-state index in [1.54, 1.807) is 0 Å². The lowest BCUT2D eigenvalue weighted by Crippen LogP contribution is -2.06. The number of ketones is 1. The highest BCUT2D eigenvalue weighted by atomic mass is 16.2. The van der Waals surface area contributed by atoms with Crippen LogP contribution < -0.4 is 0 Å². The average molecular weight is 178 g/mol. The van der Waals surface area contributed by atoms with Crippen LogP contribution in [0.4, 0.5) is 0 Å². The van der Waals surface area contributed by atoms with Gasteiger partial charge in [-0.1, -0.05) is 12.5 Å². The molecule has 70 valence electrons. The van der Waals surface area contributed by atoms with Crippen LogP contribution in [-0.4, -0.2) is 12.1 Å². The molecule has 0 saturated heterocycles. The molecule has 2 nitrogen and oxygen atoms in total. The first-order chi connectivity index (χ1) is 6.24. The number of fused-ring (bicyclic) bond motifs is 1. The summed E-state index contributed by atoms with van der Waals surface area (Å²) in [7, 11) is 0. The third kappa shape index (κ3) is 1.25. The van der Waals surface area contributed by atoms with Crippen molar-refractivity contribution < 1.29 is 9.59 Å². The van der Waals surface area contributed by atoms with Crippen LogP contribution in [0.3, 0.4) is 0 Å². The quantitative estimate of drug-likeness (QED) is 0.478. The molecule has 0 aromatic rings. The lowest BCUT2D eigenvalue weighted by Gasteiger charge is -2.07. The molecule has 0 heterocycles. The Morgan fingerprint density at radius 1 is 1.38 bits per heavy atom. The zero-order valence-corrected chi connectivity index (χ0v) is 7.88. The molecule has 0 aromatic heterocycles. The fraction of sp³-hybridized carbons (Fsp3) is 0.636. The van der Waals surface area contributed by atoms with E-state index in [2.05, 4.69) is 6.92 Å². The number of allylic oxidation sites excluding steroid dienone is 2. The Morgan fingerprint density at radius 3 is 2.85 bits per heavy atom. The van der Waals surface area contributed by atoms with E-state index in [-0.39, 0.29) is 5.78 Å². The van der Waals surface area contributed by atoms with E-state index in [1.165, 1.54) is 18.4 Å². The summed E-state index contributed by atoms with van der Waals surface area (Å²) in [5, 5.41) is 0. The van der Waals surface area contributed by atoms with Crippen LogP contribution >= 0.6 is 0 Å². The number of carbonyl (C=O) groups excluding carboxylic acids is 2. The zero-order chi connectivity index (χ0) is 9.42. The molecular formula is C11H14O2. The SMILES string of the molecule is CC1CCC2CCC(C(=O)C=O)=C12. The summed E-state index contributed by atoms with van der Waals surface area (Å²) in [5.41, 5.74) is 2.14. The number of rotatable bonds is 2. The van der Waals surface area contributed by atoms with Crippen molar-refractivity contribution in [2.75, 3.05) is 0 Å². The van der Waals surface area contributed by atoms with Gasteiger partial charge in [-0.2, -0.15) is 0 Å².